The summed E-state index contributed by atoms with van der Waals surface area (Å²) < 4.78 is 0. The van der Waals surface area contributed by atoms with Crippen molar-refractivity contribution in [3.63, 3.8) is 0 Å². The predicted octanol–water partition coefficient (Wildman–Crippen LogP) is 4.05. The first-order valence-corrected chi connectivity index (χ1v) is 8.32. The van der Waals surface area contributed by atoms with E-state index in [-0.39, 0.29) is 10.7 Å². The molecule has 1 atom stereocenters. The first kappa shape index (κ1) is 14.7. The van der Waals surface area contributed by atoms with Crippen LogP contribution in [0.1, 0.15) is 24.7 Å². The number of Topliss-reactive ketones (excluding diaryl/α,β-unsaturated/α-hetero) is 1. The van der Waals surface area contributed by atoms with Gasteiger partial charge in [-0.3, -0.25) is 4.79 Å². The third-order valence-corrected chi connectivity index (χ3v) is 4.87. The Morgan fingerprint density at radius 3 is 2.29 bits per heavy atom. The van der Waals surface area contributed by atoms with Crippen molar-refractivity contribution >= 4 is 29.3 Å². The van der Waals surface area contributed by atoms with Crippen molar-refractivity contribution in [2.24, 2.45) is 5.41 Å². The van der Waals surface area contributed by atoms with E-state index in [0.29, 0.717) is 11.5 Å². The van der Waals surface area contributed by atoms with Crippen LogP contribution in [0.5, 0.6) is 0 Å². The van der Waals surface area contributed by atoms with Crippen LogP contribution in [-0.2, 0) is 4.79 Å². The van der Waals surface area contributed by atoms with Crippen LogP contribution in [0.3, 0.4) is 0 Å². The van der Waals surface area contributed by atoms with Crippen LogP contribution < -0.4 is 0 Å². The van der Waals surface area contributed by atoms with Gasteiger partial charge in [-0.25, -0.2) is 0 Å². The summed E-state index contributed by atoms with van der Waals surface area (Å²) in [5, 5.41) is 0.225. The van der Waals surface area contributed by atoms with Gasteiger partial charge in [0.15, 0.2) is 0 Å². The molecule has 3 heteroatoms. The molecule has 0 amide bonds. The number of rotatable bonds is 6. The van der Waals surface area contributed by atoms with Crippen molar-refractivity contribution in [3.05, 3.63) is 35.9 Å². The number of carbonyl (C=O) groups is 1. The zero-order valence-electron chi connectivity index (χ0n) is 10.9. The molecule has 0 saturated carbocycles. The fourth-order valence-electron chi connectivity index (χ4n) is 1.94. The Hall–Kier alpha value is -0.410. The number of hydrogen-bond donors (Lipinski definition) is 0. The Morgan fingerprint density at radius 2 is 1.82 bits per heavy atom. The molecule has 0 aliphatic rings. The van der Waals surface area contributed by atoms with E-state index in [1.54, 1.807) is 23.5 Å². The number of ketones is 1. The maximum Gasteiger partial charge on any atom is 0.149 e. The molecule has 0 aliphatic carbocycles. The van der Waals surface area contributed by atoms with Gasteiger partial charge in [0.05, 0.1) is 5.75 Å². The maximum absolute atomic E-state index is 12.2. The van der Waals surface area contributed by atoms with Gasteiger partial charge in [0.1, 0.15) is 5.78 Å². The molecule has 0 N–H and O–H groups in total. The van der Waals surface area contributed by atoms with Crippen molar-refractivity contribution < 1.29 is 4.79 Å². The summed E-state index contributed by atoms with van der Waals surface area (Å²) in [4.78, 5) is 12.2. The van der Waals surface area contributed by atoms with Crippen LogP contribution in [-0.4, -0.2) is 24.0 Å². The van der Waals surface area contributed by atoms with E-state index in [0.717, 1.165) is 0 Å². The largest absolute Gasteiger partial charge is 0.298 e. The average Bonchev–Trinajstić information content (AvgIpc) is 2.31. The molecule has 0 aliphatic heterocycles. The minimum atomic E-state index is -0.316. The molecule has 1 nitrogen and oxygen atoms in total. The lowest BCUT2D eigenvalue weighted by Gasteiger charge is -2.32. The van der Waals surface area contributed by atoms with Gasteiger partial charge in [0, 0.05) is 10.7 Å². The highest BCUT2D eigenvalue weighted by molar-refractivity contribution is 7.99. The highest BCUT2D eigenvalue weighted by Crippen LogP contribution is 2.43. The molecular weight excluding hydrogens is 248 g/mol. The SMILES string of the molecule is CSCC(=O)C(C)(C)C(SC)c1ccccc1. The van der Waals surface area contributed by atoms with Crippen LogP contribution in [0.25, 0.3) is 0 Å². The van der Waals surface area contributed by atoms with Crippen LogP contribution >= 0.6 is 23.5 Å². The molecule has 1 aromatic carbocycles. The van der Waals surface area contributed by atoms with Crippen molar-refractivity contribution in [1.82, 2.24) is 0 Å². The molecule has 94 valence electrons. The molecule has 0 saturated heterocycles. The monoisotopic (exact) mass is 268 g/mol. The standard InChI is InChI=1S/C14H20OS2/c1-14(2,12(15)10-16-3)13(17-4)11-8-6-5-7-9-11/h5-9,13H,10H2,1-4H3. The molecule has 1 aromatic rings. The van der Waals surface area contributed by atoms with Gasteiger partial charge in [-0.05, 0) is 18.1 Å². The average molecular weight is 268 g/mol. The van der Waals surface area contributed by atoms with Gasteiger partial charge in [-0.1, -0.05) is 44.2 Å². The summed E-state index contributed by atoms with van der Waals surface area (Å²) in [6.07, 6.45) is 4.05. The fraction of sp³-hybridized carbons (Fsp3) is 0.500. The number of hydrogen-bond acceptors (Lipinski definition) is 3. The molecule has 0 radical (unpaired) electrons. The molecule has 0 bridgehead atoms. The first-order chi connectivity index (χ1) is 8.04. The highest BCUT2D eigenvalue weighted by Gasteiger charge is 2.36. The van der Waals surface area contributed by atoms with Gasteiger partial charge < -0.3 is 0 Å². The van der Waals surface area contributed by atoms with E-state index >= 15 is 0 Å². The zero-order valence-corrected chi connectivity index (χ0v) is 12.5. The smallest absolute Gasteiger partial charge is 0.149 e. The third-order valence-electron chi connectivity index (χ3n) is 2.99. The van der Waals surface area contributed by atoms with Crippen LogP contribution in [0.4, 0.5) is 0 Å². The van der Waals surface area contributed by atoms with Crippen LogP contribution in [0, 0.1) is 5.41 Å². The van der Waals surface area contributed by atoms with Gasteiger partial charge in [0.25, 0.3) is 0 Å². The summed E-state index contributed by atoms with van der Waals surface area (Å²) >= 11 is 3.35. The van der Waals surface area contributed by atoms with E-state index < -0.39 is 0 Å². The van der Waals surface area contributed by atoms with E-state index in [1.165, 1.54) is 5.56 Å². The Bertz CT molecular complexity index is 360. The Balaban J connectivity index is 2.97. The Kier molecular flexibility index (Phi) is 5.60. The summed E-state index contributed by atoms with van der Waals surface area (Å²) in [6.45, 7) is 4.11. The summed E-state index contributed by atoms with van der Waals surface area (Å²) in [6, 6.07) is 10.3. The maximum atomic E-state index is 12.2. The highest BCUT2D eigenvalue weighted by atomic mass is 32.2. The van der Waals surface area contributed by atoms with Crippen molar-refractivity contribution in [1.29, 1.82) is 0 Å². The molecule has 0 heterocycles. The lowest BCUT2D eigenvalue weighted by Crippen LogP contribution is -2.31. The van der Waals surface area contributed by atoms with Crippen LogP contribution in [0.2, 0.25) is 0 Å². The second kappa shape index (κ2) is 6.50. The van der Waals surface area contributed by atoms with E-state index in [2.05, 4.69) is 32.2 Å². The van der Waals surface area contributed by atoms with Gasteiger partial charge in [0.2, 0.25) is 0 Å². The quantitative estimate of drug-likeness (QED) is 0.775. The lowest BCUT2D eigenvalue weighted by atomic mass is 9.81. The second-order valence-corrected chi connectivity index (χ2v) is 6.41. The number of thioether (sulfide) groups is 2. The van der Waals surface area contributed by atoms with Gasteiger partial charge in [-0.15, -0.1) is 0 Å². The number of benzene rings is 1. The van der Waals surface area contributed by atoms with E-state index in [1.807, 2.05) is 24.5 Å². The fourth-order valence-corrected chi connectivity index (χ4v) is 3.72. The lowest BCUT2D eigenvalue weighted by molar-refractivity contribution is -0.124. The Labute approximate surface area is 113 Å². The van der Waals surface area contributed by atoms with Crippen molar-refractivity contribution in [3.8, 4) is 0 Å². The third kappa shape index (κ3) is 3.52. The number of carbonyl (C=O) groups excluding carboxylic acids is 1. The molecule has 17 heavy (non-hydrogen) atoms. The summed E-state index contributed by atoms with van der Waals surface area (Å²) in [5.41, 5.74) is 0.920. The molecule has 1 unspecified atom stereocenters. The minimum absolute atomic E-state index is 0.225. The molecular formula is C14H20OS2. The normalized spacial score (nSPS) is 13.4. The summed E-state index contributed by atoms with van der Waals surface area (Å²) in [5.74, 6) is 0.921. The van der Waals surface area contributed by atoms with E-state index in [9.17, 15) is 4.79 Å². The van der Waals surface area contributed by atoms with Crippen LogP contribution in [0.15, 0.2) is 30.3 Å². The first-order valence-electron chi connectivity index (χ1n) is 5.64. The second-order valence-electron chi connectivity index (χ2n) is 4.60. The minimum Gasteiger partial charge on any atom is -0.298 e. The summed E-state index contributed by atoms with van der Waals surface area (Å²) in [7, 11) is 0. The molecule has 0 fully saturated rings. The molecule has 1 rings (SSSR count). The topological polar surface area (TPSA) is 17.1 Å². The predicted molar refractivity (Wildman–Crippen MR) is 79.9 cm³/mol. The van der Waals surface area contributed by atoms with Gasteiger partial charge in [-0.2, -0.15) is 23.5 Å². The van der Waals surface area contributed by atoms with Crippen molar-refractivity contribution in [2.45, 2.75) is 19.1 Å². The zero-order chi connectivity index (χ0) is 12.9. The molecule has 0 spiro atoms. The van der Waals surface area contributed by atoms with Gasteiger partial charge >= 0.3 is 0 Å². The Morgan fingerprint density at radius 1 is 1.24 bits per heavy atom. The molecule has 0 aromatic heterocycles. The van der Waals surface area contributed by atoms with E-state index in [4.69, 9.17) is 0 Å². The van der Waals surface area contributed by atoms with Crippen molar-refractivity contribution in [2.75, 3.05) is 18.3 Å².